The zero-order chi connectivity index (χ0) is 25.3. The van der Waals surface area contributed by atoms with Crippen molar-refractivity contribution in [1.82, 2.24) is 10.2 Å². The molecule has 10 atom stereocenters. The van der Waals surface area contributed by atoms with E-state index in [4.69, 9.17) is 9.47 Å². The van der Waals surface area contributed by atoms with Gasteiger partial charge in [-0.2, -0.15) is 0 Å². The fraction of sp³-hybridized carbons (Fsp3) is 0.962. The van der Waals surface area contributed by atoms with Crippen molar-refractivity contribution in [2.45, 2.75) is 107 Å². The molecule has 1 aliphatic carbocycles. The maximum atomic E-state index is 13.7. The summed E-state index contributed by atoms with van der Waals surface area (Å²) in [7, 11) is 2.00. The van der Waals surface area contributed by atoms with Gasteiger partial charge < -0.3 is 30.1 Å². The van der Waals surface area contributed by atoms with E-state index in [1.54, 1.807) is 6.26 Å². The predicted molar refractivity (Wildman–Crippen MR) is 136 cm³/mol. The van der Waals surface area contributed by atoms with E-state index in [2.05, 4.69) is 10.2 Å². The third-order valence-corrected chi connectivity index (χ3v) is 9.84. The molecule has 3 aliphatic heterocycles. The van der Waals surface area contributed by atoms with Gasteiger partial charge in [0.2, 0.25) is 5.91 Å². The van der Waals surface area contributed by atoms with E-state index in [0.29, 0.717) is 18.4 Å². The first-order chi connectivity index (χ1) is 16.7. The van der Waals surface area contributed by atoms with Crippen molar-refractivity contribution in [3.05, 3.63) is 0 Å². The fourth-order valence-electron chi connectivity index (χ4n) is 7.02. The Kier molecular flexibility index (Phi) is 9.44. The van der Waals surface area contributed by atoms with Crippen LogP contribution in [0.15, 0.2) is 0 Å². The van der Waals surface area contributed by atoms with Crippen LogP contribution in [0, 0.1) is 23.7 Å². The summed E-state index contributed by atoms with van der Waals surface area (Å²) in [6.07, 6.45) is 5.96. The number of rotatable bonds is 6. The standard InChI is InChI=1S/C26H46N2O6S/c1-14(2)18(24-21(30)20(29)22(31)26(34-24)35-4)27-25(32)19-23-17(13-28(19)3)12-16(10-11-33-23)15-8-6-5-7-9-15/h14-24,26,29-31H,5-13H2,1-4H3,(H,27,32)/t16-,17-,18+,19-,20?,21?,22+,23+,24+,26?/m0/s1. The van der Waals surface area contributed by atoms with Crippen molar-refractivity contribution in [3.8, 4) is 0 Å². The van der Waals surface area contributed by atoms with E-state index in [-0.39, 0.29) is 24.0 Å². The minimum Gasteiger partial charge on any atom is -0.388 e. The highest BCUT2D eigenvalue weighted by Gasteiger charge is 2.50. The van der Waals surface area contributed by atoms with Crippen LogP contribution in [0.1, 0.15) is 58.8 Å². The van der Waals surface area contributed by atoms with Gasteiger partial charge in [0.25, 0.3) is 0 Å². The molecule has 4 fully saturated rings. The minimum atomic E-state index is -1.33. The summed E-state index contributed by atoms with van der Waals surface area (Å²) >= 11 is 1.28. The van der Waals surface area contributed by atoms with E-state index < -0.39 is 35.9 Å². The topological polar surface area (TPSA) is 111 Å². The van der Waals surface area contributed by atoms with Crippen molar-refractivity contribution in [1.29, 1.82) is 0 Å². The Bertz CT molecular complexity index is 705. The molecule has 0 aromatic heterocycles. The number of hydrogen-bond acceptors (Lipinski definition) is 8. The molecule has 35 heavy (non-hydrogen) atoms. The van der Waals surface area contributed by atoms with E-state index in [1.165, 1.54) is 43.9 Å². The van der Waals surface area contributed by atoms with Gasteiger partial charge in [-0.15, -0.1) is 11.8 Å². The number of carbonyl (C=O) groups excluding carboxylic acids is 1. The van der Waals surface area contributed by atoms with Gasteiger partial charge >= 0.3 is 0 Å². The van der Waals surface area contributed by atoms with Crippen LogP contribution in [0.25, 0.3) is 0 Å². The van der Waals surface area contributed by atoms with Gasteiger partial charge in [0, 0.05) is 19.1 Å². The van der Waals surface area contributed by atoms with Crippen LogP contribution < -0.4 is 5.32 Å². The molecule has 0 radical (unpaired) electrons. The molecule has 3 unspecified atom stereocenters. The number of aliphatic hydroxyl groups is 3. The number of ether oxygens (including phenoxy) is 2. The number of hydrogen-bond donors (Lipinski definition) is 4. The molecule has 0 spiro atoms. The van der Waals surface area contributed by atoms with Gasteiger partial charge in [0.1, 0.15) is 35.9 Å². The molecule has 4 N–H and O–H groups in total. The molecule has 0 bridgehead atoms. The Balaban J connectivity index is 1.45. The molecule has 1 saturated carbocycles. The Morgan fingerprint density at radius 3 is 2.37 bits per heavy atom. The van der Waals surface area contributed by atoms with Crippen molar-refractivity contribution in [2.75, 3.05) is 26.5 Å². The average molecular weight is 515 g/mol. The van der Waals surface area contributed by atoms with Gasteiger partial charge in [-0.1, -0.05) is 46.0 Å². The maximum Gasteiger partial charge on any atom is 0.240 e. The molecule has 1 amide bonds. The minimum absolute atomic E-state index is 0.0446. The fourth-order valence-corrected chi connectivity index (χ4v) is 7.70. The smallest absolute Gasteiger partial charge is 0.240 e. The van der Waals surface area contributed by atoms with Crippen LogP contribution in [0.5, 0.6) is 0 Å². The number of likely N-dealkylation sites (N-methyl/N-ethyl adjacent to an activating group) is 1. The first-order valence-corrected chi connectivity index (χ1v) is 14.9. The zero-order valence-electron chi connectivity index (χ0n) is 21.7. The van der Waals surface area contributed by atoms with E-state index >= 15 is 0 Å². The van der Waals surface area contributed by atoms with E-state index in [9.17, 15) is 20.1 Å². The predicted octanol–water partition coefficient (Wildman–Crippen LogP) is 1.60. The van der Waals surface area contributed by atoms with Crippen molar-refractivity contribution < 1.29 is 29.6 Å². The largest absolute Gasteiger partial charge is 0.388 e. The molecular weight excluding hydrogens is 468 g/mol. The summed E-state index contributed by atoms with van der Waals surface area (Å²) < 4.78 is 12.4. The van der Waals surface area contributed by atoms with Crippen LogP contribution in [0.3, 0.4) is 0 Å². The van der Waals surface area contributed by atoms with Crippen LogP contribution >= 0.6 is 11.8 Å². The molecule has 4 rings (SSSR count). The normalized spacial score (nSPS) is 42.5. The van der Waals surface area contributed by atoms with E-state index in [1.807, 2.05) is 20.9 Å². The van der Waals surface area contributed by atoms with Crippen molar-refractivity contribution in [2.24, 2.45) is 23.7 Å². The maximum absolute atomic E-state index is 13.7. The monoisotopic (exact) mass is 514 g/mol. The van der Waals surface area contributed by atoms with Gasteiger partial charge in [-0.25, -0.2) is 0 Å². The summed E-state index contributed by atoms with van der Waals surface area (Å²) in [6.45, 7) is 5.48. The quantitative estimate of drug-likeness (QED) is 0.423. The summed E-state index contributed by atoms with van der Waals surface area (Å²) in [6, 6.07) is -0.901. The lowest BCUT2D eigenvalue weighted by Gasteiger charge is -2.44. The Morgan fingerprint density at radius 1 is 1.00 bits per heavy atom. The molecule has 9 heteroatoms. The van der Waals surface area contributed by atoms with Gasteiger partial charge in [-0.05, 0) is 43.9 Å². The number of fused-ring (bicyclic) bond motifs is 1. The lowest BCUT2D eigenvalue weighted by molar-refractivity contribution is -0.208. The molecule has 4 aliphatic rings. The molecular formula is C26H46N2O6S. The van der Waals surface area contributed by atoms with Crippen LogP contribution in [0.4, 0.5) is 0 Å². The number of aliphatic hydroxyl groups excluding tert-OH is 3. The van der Waals surface area contributed by atoms with Gasteiger partial charge in [-0.3, -0.25) is 9.69 Å². The second-order valence-electron chi connectivity index (χ2n) is 11.6. The van der Waals surface area contributed by atoms with Crippen molar-refractivity contribution >= 4 is 17.7 Å². The van der Waals surface area contributed by atoms with Crippen LogP contribution in [-0.2, 0) is 14.3 Å². The number of amides is 1. The first-order valence-electron chi connectivity index (χ1n) is 13.6. The number of thioether (sulfide) groups is 1. The first kappa shape index (κ1) is 27.6. The summed E-state index contributed by atoms with van der Waals surface area (Å²) in [5.41, 5.74) is -0.669. The highest BCUT2D eigenvalue weighted by molar-refractivity contribution is 7.99. The highest BCUT2D eigenvalue weighted by atomic mass is 32.2. The second-order valence-corrected chi connectivity index (χ2v) is 12.6. The molecule has 0 aromatic carbocycles. The van der Waals surface area contributed by atoms with Gasteiger partial charge in [0.05, 0.1) is 12.1 Å². The second kappa shape index (κ2) is 12.0. The van der Waals surface area contributed by atoms with Crippen molar-refractivity contribution in [3.63, 3.8) is 0 Å². The third-order valence-electron chi connectivity index (χ3n) is 8.98. The zero-order valence-corrected chi connectivity index (χ0v) is 22.5. The number of carbonyl (C=O) groups is 1. The lowest BCUT2D eigenvalue weighted by Crippen LogP contribution is -2.65. The summed E-state index contributed by atoms with van der Waals surface area (Å²) in [4.78, 5) is 15.8. The van der Waals surface area contributed by atoms with E-state index in [0.717, 1.165) is 25.3 Å². The SMILES string of the molecule is CSC1O[C@H]([C@H](NC(=O)[C@@H]2[C@@H]3OCC[C@H](C4CCCCC4)C[C@H]3CN2C)C(C)C)C(O)C(O)[C@H]1O. The molecule has 3 heterocycles. The molecule has 202 valence electrons. The summed E-state index contributed by atoms with van der Waals surface area (Å²) in [5, 5.41) is 34.5. The highest BCUT2D eigenvalue weighted by Crippen LogP contribution is 2.41. The number of likely N-dealkylation sites (tertiary alicyclic amines) is 1. The average Bonchev–Trinajstić information content (AvgIpc) is 3.01. The Morgan fingerprint density at radius 2 is 1.71 bits per heavy atom. The van der Waals surface area contributed by atoms with Crippen LogP contribution in [-0.4, -0.2) is 101 Å². The summed E-state index contributed by atoms with van der Waals surface area (Å²) in [5.74, 6) is 1.66. The molecule has 3 saturated heterocycles. The van der Waals surface area contributed by atoms with Gasteiger partial charge in [0.15, 0.2) is 0 Å². The molecule has 0 aromatic rings. The van der Waals surface area contributed by atoms with Crippen LogP contribution in [0.2, 0.25) is 0 Å². The molecule has 8 nitrogen and oxygen atoms in total. The lowest BCUT2D eigenvalue weighted by atomic mass is 9.75. The Labute approximate surface area is 214 Å². The Hall–Kier alpha value is -0.420. The third kappa shape index (κ3) is 5.86. The number of nitrogens with zero attached hydrogens (tertiary/aromatic N) is 1. The number of nitrogens with one attached hydrogen (secondary N) is 1.